The zero-order valence-electron chi connectivity index (χ0n) is 8.91. The number of ether oxygens (including phenoxy) is 2. The molecule has 1 saturated heterocycles. The Morgan fingerprint density at radius 1 is 1.50 bits per heavy atom. The van der Waals surface area contributed by atoms with Gasteiger partial charge in [-0.05, 0) is 31.7 Å². The summed E-state index contributed by atoms with van der Waals surface area (Å²) in [6.07, 6.45) is 3.03. The highest BCUT2D eigenvalue weighted by Crippen LogP contribution is 2.20. The van der Waals surface area contributed by atoms with Gasteiger partial charge in [-0.25, -0.2) is 0 Å². The lowest BCUT2D eigenvalue weighted by molar-refractivity contribution is -0.144. The second-order valence-corrected chi connectivity index (χ2v) is 3.70. The lowest BCUT2D eigenvalue weighted by atomic mass is 9.90. The molecule has 1 N–H and O–H groups in total. The number of hydrogen-bond acceptors (Lipinski definition) is 4. The number of hydrogen-bond donors (Lipinski definition) is 1. The van der Waals surface area contributed by atoms with Gasteiger partial charge in [-0.15, -0.1) is 0 Å². The maximum Gasteiger partial charge on any atom is 0.322 e. The molecule has 0 radical (unpaired) electrons. The van der Waals surface area contributed by atoms with Gasteiger partial charge >= 0.3 is 5.97 Å². The van der Waals surface area contributed by atoms with E-state index in [1.54, 1.807) is 7.11 Å². The lowest BCUT2D eigenvalue weighted by Gasteiger charge is -2.28. The SMILES string of the molecule is COCCC1CCNC(C(=O)OC)C1. The van der Waals surface area contributed by atoms with Crippen LogP contribution in [-0.4, -0.2) is 39.4 Å². The third kappa shape index (κ3) is 3.27. The van der Waals surface area contributed by atoms with Crippen molar-refractivity contribution in [2.45, 2.75) is 25.3 Å². The standard InChI is InChI=1S/C10H19NO3/c1-13-6-4-8-3-5-11-9(7-8)10(12)14-2/h8-9,11H,3-7H2,1-2H3. The quantitative estimate of drug-likeness (QED) is 0.675. The van der Waals surface area contributed by atoms with Crippen LogP contribution in [-0.2, 0) is 14.3 Å². The maximum absolute atomic E-state index is 11.3. The minimum Gasteiger partial charge on any atom is -0.468 e. The Balaban J connectivity index is 2.31. The highest BCUT2D eigenvalue weighted by atomic mass is 16.5. The lowest BCUT2D eigenvalue weighted by Crippen LogP contribution is -2.44. The Labute approximate surface area is 85.0 Å². The van der Waals surface area contributed by atoms with Crippen LogP contribution in [0.2, 0.25) is 0 Å². The molecule has 0 spiro atoms. The fourth-order valence-corrected chi connectivity index (χ4v) is 1.86. The molecule has 4 heteroatoms. The molecule has 82 valence electrons. The molecule has 1 aliphatic heterocycles. The predicted molar refractivity (Wildman–Crippen MR) is 53.0 cm³/mol. The summed E-state index contributed by atoms with van der Waals surface area (Å²) in [4.78, 5) is 11.3. The van der Waals surface area contributed by atoms with Crippen LogP contribution in [0.25, 0.3) is 0 Å². The van der Waals surface area contributed by atoms with Crippen LogP contribution in [0.3, 0.4) is 0 Å². The van der Waals surface area contributed by atoms with E-state index in [4.69, 9.17) is 9.47 Å². The van der Waals surface area contributed by atoms with E-state index in [0.29, 0.717) is 5.92 Å². The number of esters is 1. The minimum absolute atomic E-state index is 0.115. The normalized spacial score (nSPS) is 27.3. The molecule has 0 aliphatic carbocycles. The van der Waals surface area contributed by atoms with Gasteiger partial charge in [-0.3, -0.25) is 4.79 Å². The second-order valence-electron chi connectivity index (χ2n) is 3.70. The van der Waals surface area contributed by atoms with Crippen LogP contribution in [0.15, 0.2) is 0 Å². The predicted octanol–water partition coefficient (Wildman–Crippen LogP) is 0.564. The van der Waals surface area contributed by atoms with Crippen molar-refractivity contribution in [3.8, 4) is 0 Å². The monoisotopic (exact) mass is 201 g/mol. The van der Waals surface area contributed by atoms with Crippen molar-refractivity contribution in [3.63, 3.8) is 0 Å². The fourth-order valence-electron chi connectivity index (χ4n) is 1.86. The first-order chi connectivity index (χ1) is 6.77. The third-order valence-corrected chi connectivity index (χ3v) is 2.73. The molecule has 2 unspecified atom stereocenters. The summed E-state index contributed by atoms with van der Waals surface area (Å²) in [7, 11) is 3.14. The first kappa shape index (κ1) is 11.5. The first-order valence-corrected chi connectivity index (χ1v) is 5.08. The highest BCUT2D eigenvalue weighted by molar-refractivity contribution is 5.75. The molecule has 1 heterocycles. The molecule has 0 aromatic heterocycles. The van der Waals surface area contributed by atoms with Crippen molar-refractivity contribution < 1.29 is 14.3 Å². The van der Waals surface area contributed by atoms with Gasteiger partial charge in [0, 0.05) is 13.7 Å². The molecule has 1 fully saturated rings. The van der Waals surface area contributed by atoms with Gasteiger partial charge in [0.25, 0.3) is 0 Å². The summed E-state index contributed by atoms with van der Waals surface area (Å²) < 4.78 is 9.74. The zero-order chi connectivity index (χ0) is 10.4. The van der Waals surface area contributed by atoms with E-state index >= 15 is 0 Å². The van der Waals surface area contributed by atoms with Crippen molar-refractivity contribution in [2.75, 3.05) is 27.4 Å². The number of rotatable bonds is 4. The number of nitrogens with one attached hydrogen (secondary N) is 1. The van der Waals surface area contributed by atoms with Crippen LogP contribution in [0, 0.1) is 5.92 Å². The van der Waals surface area contributed by atoms with Gasteiger partial charge in [-0.2, -0.15) is 0 Å². The van der Waals surface area contributed by atoms with Crippen LogP contribution < -0.4 is 5.32 Å². The summed E-state index contributed by atoms with van der Waals surface area (Å²) >= 11 is 0. The minimum atomic E-state index is -0.146. The average Bonchev–Trinajstić information content (AvgIpc) is 2.25. The Kier molecular flexibility index (Phi) is 4.90. The van der Waals surface area contributed by atoms with E-state index in [2.05, 4.69) is 5.32 Å². The van der Waals surface area contributed by atoms with E-state index in [1.807, 2.05) is 0 Å². The smallest absolute Gasteiger partial charge is 0.322 e. The largest absolute Gasteiger partial charge is 0.468 e. The second kappa shape index (κ2) is 5.98. The summed E-state index contributed by atoms with van der Waals surface area (Å²) in [5.74, 6) is 0.437. The van der Waals surface area contributed by atoms with E-state index in [1.165, 1.54) is 7.11 Å². The Bertz CT molecular complexity index is 184. The van der Waals surface area contributed by atoms with Gasteiger partial charge in [0.05, 0.1) is 7.11 Å². The molecular formula is C10H19NO3. The molecular weight excluding hydrogens is 182 g/mol. The van der Waals surface area contributed by atoms with E-state index < -0.39 is 0 Å². The van der Waals surface area contributed by atoms with Gasteiger partial charge in [0.15, 0.2) is 0 Å². The van der Waals surface area contributed by atoms with Gasteiger partial charge in [0.2, 0.25) is 0 Å². The van der Waals surface area contributed by atoms with Crippen molar-refractivity contribution in [1.82, 2.24) is 5.32 Å². The number of carbonyl (C=O) groups excluding carboxylic acids is 1. The highest BCUT2D eigenvalue weighted by Gasteiger charge is 2.26. The molecule has 1 rings (SSSR count). The fraction of sp³-hybridized carbons (Fsp3) is 0.900. The number of methoxy groups -OCH3 is 2. The van der Waals surface area contributed by atoms with E-state index in [9.17, 15) is 4.79 Å². The van der Waals surface area contributed by atoms with Crippen LogP contribution >= 0.6 is 0 Å². The van der Waals surface area contributed by atoms with Crippen molar-refractivity contribution in [1.29, 1.82) is 0 Å². The Morgan fingerprint density at radius 2 is 2.29 bits per heavy atom. The molecule has 0 aromatic rings. The average molecular weight is 201 g/mol. The maximum atomic E-state index is 11.3. The number of piperidine rings is 1. The molecule has 14 heavy (non-hydrogen) atoms. The molecule has 0 bridgehead atoms. The molecule has 0 aromatic carbocycles. The Hall–Kier alpha value is -0.610. The molecule has 4 nitrogen and oxygen atoms in total. The van der Waals surface area contributed by atoms with Gasteiger partial charge in [-0.1, -0.05) is 0 Å². The van der Waals surface area contributed by atoms with Crippen molar-refractivity contribution in [3.05, 3.63) is 0 Å². The van der Waals surface area contributed by atoms with Crippen LogP contribution in [0.1, 0.15) is 19.3 Å². The third-order valence-electron chi connectivity index (χ3n) is 2.73. The summed E-state index contributed by atoms with van der Waals surface area (Å²) in [5, 5.41) is 3.16. The molecule has 0 amide bonds. The molecule has 0 saturated carbocycles. The van der Waals surface area contributed by atoms with E-state index in [0.717, 1.165) is 32.4 Å². The van der Waals surface area contributed by atoms with Gasteiger partial charge < -0.3 is 14.8 Å². The molecule has 2 atom stereocenters. The van der Waals surface area contributed by atoms with Crippen molar-refractivity contribution >= 4 is 5.97 Å². The molecule has 1 aliphatic rings. The summed E-state index contributed by atoms with van der Waals surface area (Å²) in [6.45, 7) is 1.67. The summed E-state index contributed by atoms with van der Waals surface area (Å²) in [5.41, 5.74) is 0. The number of carbonyl (C=O) groups is 1. The van der Waals surface area contributed by atoms with E-state index in [-0.39, 0.29) is 12.0 Å². The first-order valence-electron chi connectivity index (χ1n) is 5.08. The topological polar surface area (TPSA) is 47.6 Å². The summed E-state index contributed by atoms with van der Waals surface area (Å²) in [6, 6.07) is -0.115. The van der Waals surface area contributed by atoms with Crippen molar-refractivity contribution in [2.24, 2.45) is 5.92 Å². The van der Waals surface area contributed by atoms with Gasteiger partial charge in [0.1, 0.15) is 6.04 Å². The van der Waals surface area contributed by atoms with Crippen LogP contribution in [0.4, 0.5) is 0 Å². The van der Waals surface area contributed by atoms with Crippen LogP contribution in [0.5, 0.6) is 0 Å². The zero-order valence-corrected chi connectivity index (χ0v) is 8.91. The Morgan fingerprint density at radius 3 is 2.93 bits per heavy atom.